The van der Waals surface area contributed by atoms with Crippen LogP contribution in [0.4, 0.5) is 0 Å². The quantitative estimate of drug-likeness (QED) is 0.466. The van der Waals surface area contributed by atoms with Crippen molar-refractivity contribution in [2.24, 2.45) is 21.7 Å². The fourth-order valence-corrected chi connectivity index (χ4v) is 1.89. The number of nitrogens with zero attached hydrogens (tertiary/aromatic N) is 2. The molecule has 6 heteroatoms. The highest BCUT2D eigenvalue weighted by Gasteiger charge is 2.06. The minimum atomic E-state index is -0.0888. The van der Waals surface area contributed by atoms with Gasteiger partial charge >= 0.3 is 0 Å². The zero-order valence-corrected chi connectivity index (χ0v) is 13.0. The third-order valence-electron chi connectivity index (χ3n) is 2.88. The molecular formula is C17H20N4O2. The molecule has 2 aromatic rings. The van der Waals surface area contributed by atoms with Crippen LogP contribution >= 0.6 is 0 Å². The van der Waals surface area contributed by atoms with E-state index in [4.69, 9.17) is 20.9 Å². The lowest BCUT2D eigenvalue weighted by molar-refractivity contribution is 0.269. The Bertz CT molecular complexity index is 680. The Hall–Kier alpha value is -3.02. The van der Waals surface area contributed by atoms with Gasteiger partial charge in [0.2, 0.25) is 5.96 Å². The first kappa shape index (κ1) is 16.4. The molecule has 0 spiro atoms. The molecule has 0 amide bonds. The van der Waals surface area contributed by atoms with Crippen molar-refractivity contribution in [3.8, 4) is 11.5 Å². The Morgan fingerprint density at radius 2 is 1.83 bits per heavy atom. The summed E-state index contributed by atoms with van der Waals surface area (Å²) in [6.45, 7) is 2.93. The van der Waals surface area contributed by atoms with Crippen LogP contribution in [0.25, 0.3) is 0 Å². The molecule has 0 saturated heterocycles. The summed E-state index contributed by atoms with van der Waals surface area (Å²) in [4.78, 5) is 0. The summed E-state index contributed by atoms with van der Waals surface area (Å²) in [7, 11) is 0. The Morgan fingerprint density at radius 3 is 2.52 bits per heavy atom. The number of nitrogens with two attached hydrogens (primary N) is 2. The monoisotopic (exact) mass is 312 g/mol. The average Bonchev–Trinajstić information content (AvgIpc) is 2.55. The molecule has 0 atom stereocenters. The predicted octanol–water partition coefficient (Wildman–Crippen LogP) is 2.27. The van der Waals surface area contributed by atoms with E-state index >= 15 is 0 Å². The fourth-order valence-electron chi connectivity index (χ4n) is 1.89. The Kier molecular flexibility index (Phi) is 5.99. The molecule has 0 aromatic heterocycles. The van der Waals surface area contributed by atoms with E-state index in [0.29, 0.717) is 24.7 Å². The molecule has 0 heterocycles. The van der Waals surface area contributed by atoms with Crippen LogP contribution in [0.3, 0.4) is 0 Å². The number of hydrogen-bond donors (Lipinski definition) is 2. The van der Waals surface area contributed by atoms with Gasteiger partial charge in [-0.1, -0.05) is 30.3 Å². The smallest absolute Gasteiger partial charge is 0.211 e. The molecule has 0 bridgehead atoms. The van der Waals surface area contributed by atoms with Crippen LogP contribution in [-0.2, 0) is 6.61 Å². The number of hydrogen-bond acceptors (Lipinski definition) is 4. The summed E-state index contributed by atoms with van der Waals surface area (Å²) in [5, 5.41) is 7.35. The lowest BCUT2D eigenvalue weighted by Crippen LogP contribution is -2.21. The van der Waals surface area contributed by atoms with Crippen molar-refractivity contribution in [1.29, 1.82) is 0 Å². The van der Waals surface area contributed by atoms with Gasteiger partial charge in [-0.15, -0.1) is 5.10 Å². The van der Waals surface area contributed by atoms with Crippen LogP contribution in [0.5, 0.6) is 11.5 Å². The highest BCUT2D eigenvalue weighted by atomic mass is 16.5. The molecule has 23 heavy (non-hydrogen) atoms. The van der Waals surface area contributed by atoms with Crippen LogP contribution < -0.4 is 20.9 Å². The lowest BCUT2D eigenvalue weighted by Gasteiger charge is -2.12. The highest BCUT2D eigenvalue weighted by molar-refractivity contribution is 5.82. The summed E-state index contributed by atoms with van der Waals surface area (Å²) in [6, 6.07) is 15.5. The van der Waals surface area contributed by atoms with Gasteiger partial charge < -0.3 is 20.9 Å². The van der Waals surface area contributed by atoms with Gasteiger partial charge in [-0.3, -0.25) is 0 Å². The lowest BCUT2D eigenvalue weighted by atomic mass is 10.2. The van der Waals surface area contributed by atoms with E-state index in [1.807, 2.05) is 55.5 Å². The van der Waals surface area contributed by atoms with Crippen LogP contribution in [0.15, 0.2) is 58.7 Å². The van der Waals surface area contributed by atoms with Crippen LogP contribution in [-0.4, -0.2) is 18.8 Å². The fraction of sp³-hybridized carbons (Fsp3) is 0.176. The second kappa shape index (κ2) is 8.43. The maximum Gasteiger partial charge on any atom is 0.211 e. The van der Waals surface area contributed by atoms with Crippen molar-refractivity contribution >= 4 is 12.2 Å². The molecule has 0 unspecified atom stereocenters. The molecule has 0 radical (unpaired) electrons. The van der Waals surface area contributed by atoms with Crippen molar-refractivity contribution in [1.82, 2.24) is 0 Å². The molecule has 0 fully saturated rings. The maximum atomic E-state index is 5.84. The standard InChI is InChI=1S/C17H20N4O2/c1-2-22-16-10-14(11-20-21-17(18)19)8-9-15(16)23-12-13-6-4-3-5-7-13/h3-11H,2,12H2,1H3,(H4,18,19,21). The molecule has 6 nitrogen and oxygen atoms in total. The van der Waals surface area contributed by atoms with Gasteiger partial charge in [-0.2, -0.15) is 5.10 Å². The summed E-state index contributed by atoms with van der Waals surface area (Å²) < 4.78 is 11.5. The van der Waals surface area contributed by atoms with Gasteiger partial charge in [-0.05, 0) is 36.2 Å². The molecule has 120 valence electrons. The van der Waals surface area contributed by atoms with E-state index in [9.17, 15) is 0 Å². The first-order valence-electron chi connectivity index (χ1n) is 7.24. The Morgan fingerprint density at radius 1 is 1.04 bits per heavy atom. The zero-order valence-electron chi connectivity index (χ0n) is 13.0. The molecule has 0 aliphatic rings. The van der Waals surface area contributed by atoms with E-state index in [0.717, 1.165) is 11.1 Å². The predicted molar refractivity (Wildman–Crippen MR) is 91.8 cm³/mol. The number of rotatable bonds is 7. The normalized spacial score (nSPS) is 10.5. The maximum absolute atomic E-state index is 5.84. The molecule has 0 aliphatic carbocycles. The third kappa shape index (κ3) is 5.35. The second-order valence-corrected chi connectivity index (χ2v) is 4.68. The largest absolute Gasteiger partial charge is 0.490 e. The summed E-state index contributed by atoms with van der Waals surface area (Å²) in [5.41, 5.74) is 12.3. The Labute approximate surface area is 135 Å². The van der Waals surface area contributed by atoms with Crippen molar-refractivity contribution in [2.75, 3.05) is 6.61 Å². The third-order valence-corrected chi connectivity index (χ3v) is 2.88. The van der Waals surface area contributed by atoms with Crippen LogP contribution in [0.2, 0.25) is 0 Å². The minimum absolute atomic E-state index is 0.0888. The van der Waals surface area contributed by atoms with E-state index in [2.05, 4.69) is 10.2 Å². The molecule has 0 saturated carbocycles. The van der Waals surface area contributed by atoms with Crippen LogP contribution in [0, 0.1) is 0 Å². The molecule has 2 rings (SSSR count). The average molecular weight is 312 g/mol. The van der Waals surface area contributed by atoms with Crippen molar-refractivity contribution in [3.05, 3.63) is 59.7 Å². The highest BCUT2D eigenvalue weighted by Crippen LogP contribution is 2.28. The number of ether oxygens (including phenoxy) is 2. The van der Waals surface area contributed by atoms with E-state index in [1.165, 1.54) is 0 Å². The van der Waals surface area contributed by atoms with Crippen molar-refractivity contribution < 1.29 is 9.47 Å². The van der Waals surface area contributed by atoms with Crippen molar-refractivity contribution in [2.45, 2.75) is 13.5 Å². The van der Waals surface area contributed by atoms with E-state index < -0.39 is 0 Å². The number of guanidine groups is 1. The second-order valence-electron chi connectivity index (χ2n) is 4.68. The van der Waals surface area contributed by atoms with Gasteiger partial charge in [0, 0.05) is 0 Å². The van der Waals surface area contributed by atoms with Gasteiger partial charge in [0.15, 0.2) is 11.5 Å². The summed E-state index contributed by atoms with van der Waals surface area (Å²) >= 11 is 0. The molecule has 0 aliphatic heterocycles. The summed E-state index contributed by atoms with van der Waals surface area (Å²) in [5.74, 6) is 1.24. The number of benzene rings is 2. The first-order chi connectivity index (χ1) is 11.2. The van der Waals surface area contributed by atoms with E-state index in [1.54, 1.807) is 6.21 Å². The van der Waals surface area contributed by atoms with Crippen LogP contribution in [0.1, 0.15) is 18.1 Å². The SMILES string of the molecule is CCOc1cc(C=NN=C(N)N)ccc1OCc1ccccc1. The first-order valence-corrected chi connectivity index (χ1v) is 7.24. The Balaban J connectivity index is 2.12. The van der Waals surface area contributed by atoms with Gasteiger partial charge in [0.1, 0.15) is 6.61 Å². The molecule has 4 N–H and O–H groups in total. The van der Waals surface area contributed by atoms with Crippen molar-refractivity contribution in [3.63, 3.8) is 0 Å². The summed E-state index contributed by atoms with van der Waals surface area (Å²) in [6.07, 6.45) is 1.54. The zero-order chi connectivity index (χ0) is 16.5. The molecule has 2 aromatic carbocycles. The van der Waals surface area contributed by atoms with Gasteiger partial charge in [0.05, 0.1) is 12.8 Å². The topological polar surface area (TPSA) is 95.2 Å². The minimum Gasteiger partial charge on any atom is -0.490 e. The van der Waals surface area contributed by atoms with Gasteiger partial charge in [-0.25, -0.2) is 0 Å². The molecular weight excluding hydrogens is 292 g/mol. The van der Waals surface area contributed by atoms with E-state index in [-0.39, 0.29) is 5.96 Å². The van der Waals surface area contributed by atoms with Gasteiger partial charge in [0.25, 0.3) is 0 Å².